The van der Waals surface area contributed by atoms with Gasteiger partial charge in [0.25, 0.3) is 0 Å². The summed E-state index contributed by atoms with van der Waals surface area (Å²) < 4.78 is 12.5. The summed E-state index contributed by atoms with van der Waals surface area (Å²) in [5.74, 6) is 0.870. The molecule has 0 aliphatic carbocycles. The van der Waals surface area contributed by atoms with E-state index in [1.165, 1.54) is 45.7 Å². The van der Waals surface area contributed by atoms with Crippen LogP contribution in [0, 0.1) is 0 Å². The van der Waals surface area contributed by atoms with Crippen LogP contribution in [-0.2, 0) is 10.8 Å². The summed E-state index contributed by atoms with van der Waals surface area (Å²) in [4.78, 5) is 7.76. The Bertz CT molecular complexity index is 376. The molecule has 2 rings (SSSR count). The number of piperazine rings is 1. The Labute approximate surface area is 146 Å². The zero-order valence-electron chi connectivity index (χ0n) is 15.7. The Morgan fingerprint density at radius 1 is 0.957 bits per heavy atom. The summed E-state index contributed by atoms with van der Waals surface area (Å²) in [6.45, 7) is 18.3. The molecule has 4 nitrogen and oxygen atoms in total. The molecular weight excluding hydrogens is 306 g/mol. The molecule has 1 atom stereocenters. The van der Waals surface area contributed by atoms with Crippen molar-refractivity contribution in [3.8, 4) is 0 Å². The minimum atomic E-state index is -0.633. The highest BCUT2D eigenvalue weighted by molar-refractivity contribution is 7.86. The molecule has 0 spiro atoms. The van der Waals surface area contributed by atoms with Crippen LogP contribution in [0.4, 0.5) is 0 Å². The van der Waals surface area contributed by atoms with Crippen molar-refractivity contribution in [3.63, 3.8) is 0 Å². The fraction of sp³-hybridized carbons (Fsp3) is 1.00. The number of nitrogens with zero attached hydrogens (tertiary/aromatic N) is 3. The molecule has 0 unspecified atom stereocenters. The standard InChI is InChI=1S/C18H37N3OS/c1-5-18(6-2)16-20(14-15-23(18)22)9-7-8-19-10-12-21(13-11-19)17(3)4/h17H,5-16H2,1-4H3/t23-/m1/s1. The van der Waals surface area contributed by atoms with E-state index in [0.29, 0.717) is 6.04 Å². The van der Waals surface area contributed by atoms with Gasteiger partial charge in [-0.3, -0.25) is 9.11 Å². The summed E-state index contributed by atoms with van der Waals surface area (Å²) in [6, 6.07) is 0.683. The first-order valence-corrected chi connectivity index (χ1v) is 10.9. The van der Waals surface area contributed by atoms with Crippen LogP contribution < -0.4 is 0 Å². The minimum Gasteiger partial charge on any atom is -0.301 e. The van der Waals surface area contributed by atoms with Gasteiger partial charge in [-0.25, -0.2) is 0 Å². The van der Waals surface area contributed by atoms with Crippen molar-refractivity contribution in [2.75, 3.05) is 58.1 Å². The Morgan fingerprint density at radius 3 is 2.13 bits per heavy atom. The van der Waals surface area contributed by atoms with E-state index in [-0.39, 0.29) is 4.75 Å². The van der Waals surface area contributed by atoms with Gasteiger partial charge in [0.2, 0.25) is 0 Å². The van der Waals surface area contributed by atoms with E-state index >= 15 is 0 Å². The average molecular weight is 344 g/mol. The van der Waals surface area contributed by atoms with Crippen molar-refractivity contribution in [1.29, 1.82) is 0 Å². The van der Waals surface area contributed by atoms with Gasteiger partial charge in [-0.15, -0.1) is 0 Å². The van der Waals surface area contributed by atoms with Gasteiger partial charge in [0, 0.05) is 61.9 Å². The maximum absolute atomic E-state index is 12.4. The molecule has 0 radical (unpaired) electrons. The highest BCUT2D eigenvalue weighted by Gasteiger charge is 2.38. The van der Waals surface area contributed by atoms with Gasteiger partial charge in [0.1, 0.15) is 0 Å². The van der Waals surface area contributed by atoms with E-state index in [1.807, 2.05) is 0 Å². The third kappa shape index (κ3) is 5.00. The van der Waals surface area contributed by atoms with Crippen LogP contribution >= 0.6 is 0 Å². The second-order valence-electron chi connectivity index (χ2n) is 7.54. The van der Waals surface area contributed by atoms with Crippen LogP contribution in [0.5, 0.6) is 0 Å². The first kappa shape index (κ1) is 19.4. The molecular formula is C18H37N3OS. The zero-order chi connectivity index (χ0) is 16.9. The molecule has 0 bridgehead atoms. The predicted molar refractivity (Wildman–Crippen MR) is 101 cm³/mol. The maximum atomic E-state index is 12.4. The van der Waals surface area contributed by atoms with Crippen LogP contribution in [0.25, 0.3) is 0 Å². The highest BCUT2D eigenvalue weighted by Crippen LogP contribution is 2.28. The summed E-state index contributed by atoms with van der Waals surface area (Å²) in [6.07, 6.45) is 3.34. The molecule has 5 heteroatoms. The van der Waals surface area contributed by atoms with Gasteiger partial charge < -0.3 is 9.80 Å². The summed E-state index contributed by atoms with van der Waals surface area (Å²) >= 11 is 0. The summed E-state index contributed by atoms with van der Waals surface area (Å²) in [5, 5.41) is 0. The van der Waals surface area contributed by atoms with E-state index in [9.17, 15) is 4.21 Å². The van der Waals surface area contributed by atoms with Gasteiger partial charge in [-0.1, -0.05) is 13.8 Å². The van der Waals surface area contributed by atoms with Crippen LogP contribution in [0.1, 0.15) is 47.0 Å². The van der Waals surface area contributed by atoms with Gasteiger partial charge in [-0.05, 0) is 46.2 Å². The molecule has 0 N–H and O–H groups in total. The van der Waals surface area contributed by atoms with Crippen molar-refractivity contribution in [3.05, 3.63) is 0 Å². The predicted octanol–water partition coefficient (Wildman–Crippen LogP) is 2.03. The Kier molecular flexibility index (Phi) is 7.52. The van der Waals surface area contributed by atoms with E-state index in [1.54, 1.807) is 0 Å². The Hall–Kier alpha value is 0.0300. The van der Waals surface area contributed by atoms with E-state index < -0.39 is 10.8 Å². The second kappa shape index (κ2) is 8.93. The lowest BCUT2D eigenvalue weighted by molar-refractivity contribution is 0.104. The lowest BCUT2D eigenvalue weighted by Crippen LogP contribution is -2.53. The maximum Gasteiger partial charge on any atom is 0.0581 e. The van der Waals surface area contributed by atoms with Crippen LogP contribution in [0.3, 0.4) is 0 Å². The van der Waals surface area contributed by atoms with Crippen molar-refractivity contribution in [2.24, 2.45) is 0 Å². The zero-order valence-corrected chi connectivity index (χ0v) is 16.5. The van der Waals surface area contributed by atoms with Crippen molar-refractivity contribution >= 4 is 10.8 Å². The monoisotopic (exact) mass is 343 g/mol. The molecule has 0 aromatic carbocycles. The molecule has 2 aliphatic heterocycles. The first-order valence-electron chi connectivity index (χ1n) is 9.58. The van der Waals surface area contributed by atoms with Crippen LogP contribution in [-0.4, -0.2) is 87.8 Å². The smallest absolute Gasteiger partial charge is 0.0581 e. The highest BCUT2D eigenvalue weighted by atomic mass is 32.2. The quantitative estimate of drug-likeness (QED) is 0.707. The molecule has 2 fully saturated rings. The molecule has 2 aliphatic rings. The Balaban J connectivity index is 1.70. The largest absolute Gasteiger partial charge is 0.301 e. The lowest BCUT2D eigenvalue weighted by atomic mass is 10.0. The number of hydrogen-bond acceptors (Lipinski definition) is 4. The normalized spacial score (nSPS) is 27.6. The SMILES string of the molecule is CCC1(CC)CN(CCCN2CCN(C(C)C)CC2)CC[S@]1=O. The van der Waals surface area contributed by atoms with Gasteiger partial charge in [0.15, 0.2) is 0 Å². The van der Waals surface area contributed by atoms with Crippen LogP contribution in [0.15, 0.2) is 0 Å². The molecule has 2 heterocycles. The van der Waals surface area contributed by atoms with Crippen molar-refractivity contribution in [1.82, 2.24) is 14.7 Å². The number of rotatable bonds is 7. The summed E-state index contributed by atoms with van der Waals surface area (Å²) in [5.41, 5.74) is 0. The molecule has 23 heavy (non-hydrogen) atoms. The molecule has 136 valence electrons. The molecule has 0 aromatic rings. The molecule has 0 aromatic heterocycles. The van der Waals surface area contributed by atoms with Gasteiger partial charge >= 0.3 is 0 Å². The Morgan fingerprint density at radius 2 is 1.57 bits per heavy atom. The van der Waals surface area contributed by atoms with Gasteiger partial charge in [0.05, 0.1) is 4.75 Å². The molecule has 2 saturated heterocycles. The molecule has 0 saturated carbocycles. The minimum absolute atomic E-state index is 0.0567. The topological polar surface area (TPSA) is 26.8 Å². The third-order valence-corrected chi connectivity index (χ3v) is 8.19. The van der Waals surface area contributed by atoms with E-state index in [2.05, 4.69) is 42.4 Å². The average Bonchev–Trinajstić information content (AvgIpc) is 2.57. The van der Waals surface area contributed by atoms with E-state index in [0.717, 1.165) is 31.7 Å². The molecule has 0 amide bonds. The van der Waals surface area contributed by atoms with Crippen molar-refractivity contribution in [2.45, 2.75) is 57.7 Å². The van der Waals surface area contributed by atoms with Crippen molar-refractivity contribution < 1.29 is 4.21 Å². The number of hydrogen-bond donors (Lipinski definition) is 0. The van der Waals surface area contributed by atoms with E-state index in [4.69, 9.17) is 0 Å². The summed E-state index contributed by atoms with van der Waals surface area (Å²) in [7, 11) is -0.633. The van der Waals surface area contributed by atoms with Gasteiger partial charge in [-0.2, -0.15) is 0 Å². The van der Waals surface area contributed by atoms with Crippen LogP contribution in [0.2, 0.25) is 0 Å². The second-order valence-corrected chi connectivity index (χ2v) is 9.51. The fourth-order valence-corrected chi connectivity index (χ4v) is 5.82. The lowest BCUT2D eigenvalue weighted by Gasteiger charge is -2.41. The third-order valence-electron chi connectivity index (χ3n) is 5.96. The fourth-order valence-electron chi connectivity index (χ4n) is 3.99. The first-order chi connectivity index (χ1) is 11.0.